The number of anilines is 2. The van der Waals surface area contributed by atoms with Crippen molar-refractivity contribution in [2.45, 2.75) is 90.1 Å². The van der Waals surface area contributed by atoms with Crippen LogP contribution in [0, 0.1) is 0 Å². The zero-order valence-electron chi connectivity index (χ0n) is 24.4. The first-order chi connectivity index (χ1) is 20.2. The smallest absolute Gasteiger partial charge is 0.335 e. The van der Waals surface area contributed by atoms with Crippen LogP contribution in [0.1, 0.15) is 110 Å². The van der Waals surface area contributed by atoms with Crippen molar-refractivity contribution in [1.29, 1.82) is 0 Å². The number of hydroxylamine groups is 2. The third kappa shape index (κ3) is 5.62. The lowest BCUT2D eigenvalue weighted by atomic mass is 9.81. The summed E-state index contributed by atoms with van der Waals surface area (Å²) in [5.41, 5.74) is 1.99. The molecule has 2 aromatic carbocycles. The first kappa shape index (κ1) is 29.3. The minimum absolute atomic E-state index is 0.142. The number of carbonyl (C=O) groups excluding carboxylic acids is 4. The van der Waals surface area contributed by atoms with Crippen molar-refractivity contribution >= 4 is 34.9 Å². The summed E-state index contributed by atoms with van der Waals surface area (Å²) in [7, 11) is 0. The van der Waals surface area contributed by atoms with Gasteiger partial charge in [0.1, 0.15) is 0 Å². The summed E-state index contributed by atoms with van der Waals surface area (Å²) in [5, 5.41) is 3.03. The molecule has 0 saturated heterocycles. The molecule has 3 aliphatic carbocycles. The zero-order chi connectivity index (χ0) is 30.0. The van der Waals surface area contributed by atoms with E-state index in [9.17, 15) is 19.2 Å². The van der Waals surface area contributed by atoms with Crippen molar-refractivity contribution in [3.8, 4) is 0 Å². The van der Waals surface area contributed by atoms with Gasteiger partial charge in [0.25, 0.3) is 0 Å². The van der Waals surface area contributed by atoms with Crippen LogP contribution in [0.2, 0.25) is 0 Å². The molecule has 0 atom stereocenters. The van der Waals surface area contributed by atoms with E-state index in [1.165, 1.54) is 10.1 Å². The lowest BCUT2D eigenvalue weighted by Gasteiger charge is -2.38. The molecule has 3 aliphatic rings. The Labute approximate surface area is 246 Å². The van der Waals surface area contributed by atoms with Crippen LogP contribution >= 0.6 is 0 Å². The van der Waals surface area contributed by atoms with Gasteiger partial charge in [-0.3, -0.25) is 9.59 Å². The Balaban J connectivity index is 1.73. The van der Waals surface area contributed by atoms with Crippen LogP contribution in [0.4, 0.5) is 11.4 Å². The molecule has 5 rings (SSSR count). The molecule has 0 amide bonds. The molecule has 42 heavy (non-hydrogen) atoms. The average molecular weight is 571 g/mol. The molecule has 0 unspecified atom stereocenters. The van der Waals surface area contributed by atoms with Gasteiger partial charge in [-0.1, -0.05) is 75.9 Å². The summed E-state index contributed by atoms with van der Waals surface area (Å²) in [4.78, 5) is 66.1. The molecule has 0 aliphatic heterocycles. The summed E-state index contributed by atoms with van der Waals surface area (Å²) >= 11 is 0. The molecule has 2 saturated carbocycles. The van der Waals surface area contributed by atoms with Gasteiger partial charge in [-0.2, -0.15) is 0 Å². The lowest BCUT2D eigenvalue weighted by molar-refractivity contribution is -0.142. The highest BCUT2D eigenvalue weighted by Gasteiger charge is 2.40. The van der Waals surface area contributed by atoms with Crippen molar-refractivity contribution in [2.75, 3.05) is 10.1 Å². The maximum absolute atomic E-state index is 14.3. The number of carbonyl (C=O) groups is 4. The highest BCUT2D eigenvalue weighted by atomic mass is 16.7. The van der Waals surface area contributed by atoms with Gasteiger partial charge in [0, 0.05) is 22.3 Å². The molecule has 0 spiro atoms. The lowest BCUT2D eigenvalue weighted by Crippen LogP contribution is -2.42. The van der Waals surface area contributed by atoms with Crippen LogP contribution in [0.3, 0.4) is 0 Å². The van der Waals surface area contributed by atoms with Gasteiger partial charge in [-0.05, 0) is 51.7 Å². The number of fused-ring (bicyclic) bond motifs is 2. The van der Waals surface area contributed by atoms with Crippen molar-refractivity contribution in [3.05, 3.63) is 83.0 Å². The molecular formula is C34H38N2O6. The van der Waals surface area contributed by atoms with E-state index in [1.807, 2.05) is 0 Å². The second kappa shape index (κ2) is 12.3. The van der Waals surface area contributed by atoms with Gasteiger partial charge >= 0.3 is 11.9 Å². The van der Waals surface area contributed by atoms with Gasteiger partial charge in [0.15, 0.2) is 11.6 Å². The Morgan fingerprint density at radius 2 is 1.00 bits per heavy atom. The summed E-state index contributed by atoms with van der Waals surface area (Å²) in [6, 6.07) is 9.79. The molecule has 0 bridgehead atoms. The van der Waals surface area contributed by atoms with Gasteiger partial charge < -0.3 is 9.68 Å². The third-order valence-corrected chi connectivity index (χ3v) is 8.38. The minimum atomic E-state index is -0.604. The number of rotatable bonds is 8. The SMILES string of the molecule is C=C(C)C(=O)ON(c1ccc(N(OC(=O)C(=C)C)C2CCCCC2)c2c1C(=O)c1ccccc1C2=O)C1CCCCC1. The predicted octanol–water partition coefficient (Wildman–Crippen LogP) is 6.81. The minimum Gasteiger partial charge on any atom is -0.335 e. The van der Waals surface area contributed by atoms with Crippen molar-refractivity contribution in [2.24, 2.45) is 0 Å². The Kier molecular flexibility index (Phi) is 8.61. The Morgan fingerprint density at radius 1 is 0.643 bits per heavy atom. The zero-order valence-corrected chi connectivity index (χ0v) is 24.4. The molecule has 2 fully saturated rings. The van der Waals surface area contributed by atoms with Crippen LogP contribution in [-0.4, -0.2) is 35.6 Å². The maximum atomic E-state index is 14.3. The number of ketones is 2. The standard InChI is InChI=1S/C34H38N2O6/c1-21(2)33(39)41-35(23-13-7-5-8-14-23)27-19-20-28(36(42-34(40)22(3)4)24-15-9-6-10-16-24)30-29(27)31(37)25-17-11-12-18-26(25)32(30)38/h11-12,17-20,23-24H,1,3,5-10,13-16H2,2,4H3. The number of hydrogen-bond acceptors (Lipinski definition) is 8. The van der Waals surface area contributed by atoms with E-state index in [-0.39, 0.29) is 57.1 Å². The van der Waals surface area contributed by atoms with Crippen molar-refractivity contribution in [3.63, 3.8) is 0 Å². The second-order valence-electron chi connectivity index (χ2n) is 11.6. The monoisotopic (exact) mass is 570 g/mol. The van der Waals surface area contributed by atoms with E-state index in [0.717, 1.165) is 64.2 Å². The van der Waals surface area contributed by atoms with Gasteiger partial charge in [0.2, 0.25) is 0 Å². The van der Waals surface area contributed by atoms with E-state index >= 15 is 0 Å². The van der Waals surface area contributed by atoms with Crippen molar-refractivity contribution < 1.29 is 28.9 Å². The van der Waals surface area contributed by atoms with Crippen LogP contribution < -0.4 is 10.1 Å². The summed E-state index contributed by atoms with van der Waals surface area (Å²) in [6.45, 7) is 10.6. The van der Waals surface area contributed by atoms with Gasteiger partial charge in [-0.15, -0.1) is 0 Å². The topological polar surface area (TPSA) is 93.2 Å². The normalized spacial score (nSPS) is 17.1. The van der Waals surface area contributed by atoms with Crippen molar-refractivity contribution in [1.82, 2.24) is 0 Å². The highest BCUT2D eigenvalue weighted by Crippen LogP contribution is 2.43. The summed E-state index contributed by atoms with van der Waals surface area (Å²) < 4.78 is 0. The molecular weight excluding hydrogens is 532 g/mol. The Morgan fingerprint density at radius 3 is 1.33 bits per heavy atom. The first-order valence-corrected chi connectivity index (χ1v) is 14.9. The van der Waals surface area contributed by atoms with E-state index in [0.29, 0.717) is 11.4 Å². The van der Waals surface area contributed by atoms with E-state index in [1.54, 1.807) is 50.2 Å². The summed E-state index contributed by atoms with van der Waals surface area (Å²) in [6.07, 6.45) is 9.03. The first-order valence-electron chi connectivity index (χ1n) is 14.9. The van der Waals surface area contributed by atoms with Crippen LogP contribution in [0.5, 0.6) is 0 Å². The van der Waals surface area contributed by atoms with Crippen LogP contribution in [0.25, 0.3) is 0 Å². The summed E-state index contributed by atoms with van der Waals surface area (Å²) in [5.74, 6) is -1.90. The molecule has 0 heterocycles. The Hall–Kier alpha value is -4.20. The molecule has 0 N–H and O–H groups in total. The van der Waals surface area contributed by atoms with Gasteiger partial charge in [0.05, 0.1) is 34.6 Å². The quantitative estimate of drug-likeness (QED) is 0.215. The van der Waals surface area contributed by atoms with E-state index in [4.69, 9.17) is 9.68 Å². The third-order valence-electron chi connectivity index (χ3n) is 8.38. The molecule has 2 aromatic rings. The molecule has 8 nitrogen and oxygen atoms in total. The second-order valence-corrected chi connectivity index (χ2v) is 11.6. The maximum Gasteiger partial charge on any atom is 0.358 e. The molecule has 0 aromatic heterocycles. The number of benzene rings is 2. The molecule has 220 valence electrons. The molecule has 8 heteroatoms. The molecule has 0 radical (unpaired) electrons. The fourth-order valence-corrected chi connectivity index (χ4v) is 6.16. The van der Waals surface area contributed by atoms with Gasteiger partial charge in [-0.25, -0.2) is 19.7 Å². The Bertz CT molecular complexity index is 1340. The highest BCUT2D eigenvalue weighted by molar-refractivity contribution is 6.32. The number of nitrogens with zero attached hydrogens (tertiary/aromatic N) is 2. The fourth-order valence-electron chi connectivity index (χ4n) is 6.16. The number of hydrogen-bond donors (Lipinski definition) is 0. The van der Waals surface area contributed by atoms with E-state index < -0.39 is 11.9 Å². The van der Waals surface area contributed by atoms with E-state index in [2.05, 4.69) is 13.2 Å². The van der Waals surface area contributed by atoms with Crippen LogP contribution in [-0.2, 0) is 19.3 Å². The van der Waals surface area contributed by atoms with Crippen LogP contribution in [0.15, 0.2) is 60.7 Å². The average Bonchev–Trinajstić information content (AvgIpc) is 3.01. The largest absolute Gasteiger partial charge is 0.358 e. The predicted molar refractivity (Wildman–Crippen MR) is 160 cm³/mol. The fraction of sp³-hybridized carbons (Fsp3) is 0.412.